The Morgan fingerprint density at radius 1 is 1.33 bits per heavy atom. The van der Waals surface area contributed by atoms with Crippen LogP contribution in [0.15, 0.2) is 29.4 Å². The van der Waals surface area contributed by atoms with Crippen LogP contribution < -0.4 is 4.74 Å². The summed E-state index contributed by atoms with van der Waals surface area (Å²) in [6.07, 6.45) is 5.73. The molecule has 1 aliphatic rings. The van der Waals surface area contributed by atoms with Crippen molar-refractivity contribution in [3.8, 4) is 5.75 Å². The lowest BCUT2D eigenvalue weighted by atomic mass is 10.0. The summed E-state index contributed by atoms with van der Waals surface area (Å²) in [5, 5.41) is 12.2. The lowest BCUT2D eigenvalue weighted by Crippen LogP contribution is -2.37. The maximum Gasteiger partial charge on any atom is 0.119 e. The van der Waals surface area contributed by atoms with Gasteiger partial charge in [-0.2, -0.15) is 0 Å². The first-order valence-electron chi connectivity index (χ1n) is 7.89. The van der Waals surface area contributed by atoms with Crippen molar-refractivity contribution < 1.29 is 9.94 Å². The minimum Gasteiger partial charge on any atom is -0.494 e. The summed E-state index contributed by atoms with van der Waals surface area (Å²) in [5.74, 6) is 0.880. The number of hydrogen-bond acceptors (Lipinski definition) is 4. The molecule has 1 aliphatic heterocycles. The average Bonchev–Trinajstić information content (AvgIpc) is 2.52. The third kappa shape index (κ3) is 4.46. The molecule has 0 spiro atoms. The van der Waals surface area contributed by atoms with Gasteiger partial charge in [-0.05, 0) is 69.1 Å². The van der Waals surface area contributed by atoms with Crippen LogP contribution in [0, 0.1) is 0 Å². The molecular formula is C17H26N2O2. The quantitative estimate of drug-likeness (QED) is 0.495. The van der Waals surface area contributed by atoms with Crippen LogP contribution in [0.3, 0.4) is 0 Å². The first-order chi connectivity index (χ1) is 10.2. The predicted octanol–water partition coefficient (Wildman–Crippen LogP) is 3.53. The standard InChI is InChI=1S/C17H26N2O2/c1-3-17(18-20)14-7-9-16(10-8-14)21-13-11-15-6-4-5-12-19(15)2/h7-10,15,20H,3-6,11-13H2,1-2H3/b18-17-. The molecule has 0 saturated carbocycles. The molecule has 0 radical (unpaired) electrons. The van der Waals surface area contributed by atoms with Crippen LogP contribution in [0.5, 0.6) is 5.75 Å². The largest absolute Gasteiger partial charge is 0.494 e. The molecule has 1 aromatic rings. The van der Waals surface area contributed by atoms with Gasteiger partial charge in [0.1, 0.15) is 5.75 Å². The molecule has 0 amide bonds. The van der Waals surface area contributed by atoms with E-state index in [0.29, 0.717) is 18.2 Å². The minimum absolute atomic E-state index is 0.659. The lowest BCUT2D eigenvalue weighted by Gasteiger charge is -2.32. The van der Waals surface area contributed by atoms with Gasteiger partial charge >= 0.3 is 0 Å². The molecule has 1 unspecified atom stereocenters. The molecule has 21 heavy (non-hydrogen) atoms. The predicted molar refractivity (Wildman–Crippen MR) is 85.4 cm³/mol. The van der Waals surface area contributed by atoms with Crippen LogP contribution in [-0.4, -0.2) is 42.1 Å². The molecule has 1 aromatic carbocycles. The minimum atomic E-state index is 0.659. The zero-order valence-corrected chi connectivity index (χ0v) is 13.1. The van der Waals surface area contributed by atoms with Crippen LogP contribution in [0.1, 0.15) is 44.6 Å². The highest BCUT2D eigenvalue weighted by Crippen LogP contribution is 2.19. The van der Waals surface area contributed by atoms with Crippen LogP contribution in [0.2, 0.25) is 0 Å². The first-order valence-corrected chi connectivity index (χ1v) is 7.89. The van der Waals surface area contributed by atoms with Gasteiger partial charge in [-0.25, -0.2) is 0 Å². The van der Waals surface area contributed by atoms with Gasteiger partial charge in [0.2, 0.25) is 0 Å². The Kier molecular flexibility index (Phi) is 6.05. The Morgan fingerprint density at radius 2 is 2.10 bits per heavy atom. The number of hydrogen-bond donors (Lipinski definition) is 1. The van der Waals surface area contributed by atoms with Crippen molar-refractivity contribution in [3.63, 3.8) is 0 Å². The first kappa shape index (κ1) is 15.8. The van der Waals surface area contributed by atoms with Gasteiger partial charge in [0, 0.05) is 6.04 Å². The maximum absolute atomic E-state index is 8.91. The van der Waals surface area contributed by atoms with Gasteiger partial charge in [0.05, 0.1) is 12.3 Å². The number of likely N-dealkylation sites (tertiary alicyclic amines) is 1. The smallest absolute Gasteiger partial charge is 0.119 e. The van der Waals surface area contributed by atoms with Gasteiger partial charge in [-0.3, -0.25) is 0 Å². The molecule has 0 aromatic heterocycles. The van der Waals surface area contributed by atoms with Crippen LogP contribution in [0.25, 0.3) is 0 Å². The van der Waals surface area contributed by atoms with E-state index in [9.17, 15) is 0 Å². The van der Waals surface area contributed by atoms with Crippen LogP contribution in [-0.2, 0) is 0 Å². The summed E-state index contributed by atoms with van der Waals surface area (Å²) in [4.78, 5) is 2.45. The molecule has 1 fully saturated rings. The molecule has 4 nitrogen and oxygen atoms in total. The van der Waals surface area contributed by atoms with Gasteiger partial charge in [0.25, 0.3) is 0 Å². The van der Waals surface area contributed by atoms with E-state index in [1.54, 1.807) is 0 Å². The van der Waals surface area contributed by atoms with E-state index in [2.05, 4.69) is 17.1 Å². The van der Waals surface area contributed by atoms with Crippen molar-refractivity contribution in [2.45, 2.75) is 45.1 Å². The Bertz CT molecular complexity index is 456. The number of nitrogens with zero attached hydrogens (tertiary/aromatic N) is 2. The molecule has 4 heteroatoms. The third-order valence-corrected chi connectivity index (χ3v) is 4.28. The van der Waals surface area contributed by atoms with E-state index in [1.165, 1.54) is 25.8 Å². The molecule has 1 saturated heterocycles. The van der Waals surface area contributed by atoms with E-state index in [1.807, 2.05) is 31.2 Å². The molecule has 1 atom stereocenters. The van der Waals surface area contributed by atoms with Gasteiger partial charge in [-0.15, -0.1) is 0 Å². The molecular weight excluding hydrogens is 264 g/mol. The van der Waals surface area contributed by atoms with E-state index in [0.717, 1.165) is 24.3 Å². The SMILES string of the molecule is CC/C(=N/O)c1ccc(OCCC2CCCCN2C)cc1. The number of ether oxygens (including phenoxy) is 1. The van der Waals surface area contributed by atoms with Crippen molar-refractivity contribution in [2.75, 3.05) is 20.2 Å². The van der Waals surface area contributed by atoms with Gasteiger partial charge in [-0.1, -0.05) is 18.5 Å². The summed E-state index contributed by atoms with van der Waals surface area (Å²) >= 11 is 0. The summed E-state index contributed by atoms with van der Waals surface area (Å²) in [7, 11) is 2.21. The molecule has 1 N–H and O–H groups in total. The topological polar surface area (TPSA) is 45.1 Å². The zero-order chi connectivity index (χ0) is 15.1. The van der Waals surface area contributed by atoms with Gasteiger partial charge < -0.3 is 14.8 Å². The number of oxime groups is 1. The third-order valence-electron chi connectivity index (χ3n) is 4.28. The fourth-order valence-corrected chi connectivity index (χ4v) is 2.90. The normalized spacial score (nSPS) is 20.5. The number of piperidine rings is 1. The Morgan fingerprint density at radius 3 is 2.71 bits per heavy atom. The van der Waals surface area contributed by atoms with Crippen molar-refractivity contribution in [3.05, 3.63) is 29.8 Å². The molecule has 0 aliphatic carbocycles. The van der Waals surface area contributed by atoms with Gasteiger partial charge in [0.15, 0.2) is 0 Å². The van der Waals surface area contributed by atoms with E-state index < -0.39 is 0 Å². The Balaban J connectivity index is 1.81. The Labute approximate surface area is 127 Å². The summed E-state index contributed by atoms with van der Waals surface area (Å²) in [5.41, 5.74) is 1.64. The van der Waals surface area contributed by atoms with Crippen LogP contribution in [0.4, 0.5) is 0 Å². The number of rotatable bonds is 6. The second-order valence-corrected chi connectivity index (χ2v) is 5.69. The van der Waals surface area contributed by atoms with Crippen molar-refractivity contribution in [2.24, 2.45) is 5.16 Å². The average molecular weight is 290 g/mol. The highest BCUT2D eigenvalue weighted by molar-refractivity contribution is 6.00. The Hall–Kier alpha value is -1.55. The lowest BCUT2D eigenvalue weighted by molar-refractivity contribution is 0.153. The van der Waals surface area contributed by atoms with E-state index in [4.69, 9.17) is 9.94 Å². The van der Waals surface area contributed by atoms with Crippen LogP contribution >= 0.6 is 0 Å². The molecule has 2 rings (SSSR count). The van der Waals surface area contributed by atoms with Crippen molar-refractivity contribution in [1.82, 2.24) is 4.90 Å². The zero-order valence-electron chi connectivity index (χ0n) is 13.1. The van der Waals surface area contributed by atoms with Crippen molar-refractivity contribution >= 4 is 5.71 Å². The summed E-state index contributed by atoms with van der Waals surface area (Å²) < 4.78 is 5.83. The van der Waals surface area contributed by atoms with E-state index >= 15 is 0 Å². The number of benzene rings is 1. The summed E-state index contributed by atoms with van der Waals surface area (Å²) in [6.45, 7) is 3.93. The summed E-state index contributed by atoms with van der Waals surface area (Å²) in [6, 6.07) is 8.44. The fourth-order valence-electron chi connectivity index (χ4n) is 2.90. The highest BCUT2D eigenvalue weighted by Gasteiger charge is 2.18. The second-order valence-electron chi connectivity index (χ2n) is 5.69. The second kappa shape index (κ2) is 8.03. The maximum atomic E-state index is 8.91. The molecule has 0 bridgehead atoms. The molecule has 116 valence electrons. The van der Waals surface area contributed by atoms with Crippen molar-refractivity contribution in [1.29, 1.82) is 0 Å². The highest BCUT2D eigenvalue weighted by atomic mass is 16.5. The monoisotopic (exact) mass is 290 g/mol. The molecule has 1 heterocycles. The van der Waals surface area contributed by atoms with E-state index in [-0.39, 0.29) is 0 Å². The fraction of sp³-hybridized carbons (Fsp3) is 0.588.